The first-order valence-corrected chi connectivity index (χ1v) is 5.86. The molecule has 0 radical (unpaired) electrons. The van der Waals surface area contributed by atoms with Crippen molar-refractivity contribution < 1.29 is 4.79 Å². The molecule has 0 aromatic carbocycles. The Hall–Kier alpha value is -0.610. The van der Waals surface area contributed by atoms with Gasteiger partial charge in [-0.05, 0) is 31.8 Å². The first kappa shape index (κ1) is 12.5. The van der Waals surface area contributed by atoms with Gasteiger partial charge in [0, 0.05) is 13.1 Å². The number of nitrogens with two attached hydrogens (primary N) is 1. The van der Waals surface area contributed by atoms with Crippen LogP contribution in [0.1, 0.15) is 26.7 Å². The lowest BCUT2D eigenvalue weighted by Crippen LogP contribution is -2.47. The van der Waals surface area contributed by atoms with Gasteiger partial charge in [-0.3, -0.25) is 4.79 Å². The summed E-state index contributed by atoms with van der Waals surface area (Å²) in [5.41, 5.74) is 5.32. The lowest BCUT2D eigenvalue weighted by atomic mass is 10.0. The van der Waals surface area contributed by atoms with Gasteiger partial charge in [0.15, 0.2) is 0 Å². The van der Waals surface area contributed by atoms with Crippen molar-refractivity contribution in [1.82, 2.24) is 10.2 Å². The van der Waals surface area contributed by atoms with E-state index in [1.165, 1.54) is 25.9 Å². The van der Waals surface area contributed by atoms with Crippen LogP contribution in [0.15, 0.2) is 0 Å². The summed E-state index contributed by atoms with van der Waals surface area (Å²) in [6.45, 7) is 8.30. The fourth-order valence-electron chi connectivity index (χ4n) is 2.05. The van der Waals surface area contributed by atoms with Gasteiger partial charge in [0.05, 0.1) is 6.04 Å². The Labute approximate surface area is 92.2 Å². The van der Waals surface area contributed by atoms with Gasteiger partial charge in [-0.2, -0.15) is 0 Å². The van der Waals surface area contributed by atoms with E-state index in [0.29, 0.717) is 0 Å². The number of amides is 1. The average molecular weight is 213 g/mol. The molecule has 0 aromatic heterocycles. The van der Waals surface area contributed by atoms with Gasteiger partial charge in [0.25, 0.3) is 0 Å². The number of hydrogen-bond acceptors (Lipinski definition) is 3. The fourth-order valence-corrected chi connectivity index (χ4v) is 2.05. The third kappa shape index (κ3) is 4.18. The lowest BCUT2D eigenvalue weighted by Gasteiger charge is -2.21. The molecular formula is C11H23N3O. The van der Waals surface area contributed by atoms with Crippen LogP contribution in [0.5, 0.6) is 0 Å². The van der Waals surface area contributed by atoms with Crippen LogP contribution in [0.3, 0.4) is 0 Å². The first-order valence-electron chi connectivity index (χ1n) is 5.86. The average Bonchev–Trinajstić information content (AvgIpc) is 2.63. The number of likely N-dealkylation sites (tertiary alicyclic amines) is 1. The molecule has 1 fully saturated rings. The largest absolute Gasteiger partial charge is 0.368 e. The third-order valence-electron chi connectivity index (χ3n) is 2.96. The number of hydrogen-bond donors (Lipinski definition) is 2. The molecule has 0 aliphatic carbocycles. The summed E-state index contributed by atoms with van der Waals surface area (Å²) < 4.78 is 0. The topological polar surface area (TPSA) is 58.4 Å². The molecule has 1 rings (SSSR count). The number of carbonyl (C=O) groups is 1. The lowest BCUT2D eigenvalue weighted by molar-refractivity contribution is -0.121. The zero-order valence-corrected chi connectivity index (χ0v) is 9.83. The van der Waals surface area contributed by atoms with Gasteiger partial charge in [-0.15, -0.1) is 0 Å². The van der Waals surface area contributed by atoms with Crippen LogP contribution in [0.25, 0.3) is 0 Å². The van der Waals surface area contributed by atoms with Crippen LogP contribution >= 0.6 is 0 Å². The molecule has 1 aliphatic rings. The number of nitrogens with one attached hydrogen (secondary N) is 1. The zero-order valence-electron chi connectivity index (χ0n) is 9.83. The summed E-state index contributed by atoms with van der Waals surface area (Å²) in [4.78, 5) is 13.5. The molecule has 3 N–H and O–H groups in total. The minimum Gasteiger partial charge on any atom is -0.368 e. The van der Waals surface area contributed by atoms with E-state index in [1.807, 2.05) is 13.8 Å². The highest BCUT2D eigenvalue weighted by molar-refractivity contribution is 5.80. The second-order valence-corrected chi connectivity index (χ2v) is 4.63. The van der Waals surface area contributed by atoms with E-state index in [-0.39, 0.29) is 17.9 Å². The van der Waals surface area contributed by atoms with E-state index >= 15 is 0 Å². The quantitative estimate of drug-likeness (QED) is 0.662. The zero-order chi connectivity index (χ0) is 11.3. The molecule has 1 unspecified atom stereocenters. The van der Waals surface area contributed by atoms with Gasteiger partial charge in [-0.1, -0.05) is 13.8 Å². The van der Waals surface area contributed by atoms with Gasteiger partial charge >= 0.3 is 0 Å². The molecule has 0 aromatic rings. The first-order chi connectivity index (χ1) is 7.11. The Bertz CT molecular complexity index is 200. The number of primary amides is 1. The van der Waals surface area contributed by atoms with E-state index in [1.54, 1.807) is 0 Å². The smallest absolute Gasteiger partial charge is 0.234 e. The highest BCUT2D eigenvalue weighted by Crippen LogP contribution is 2.06. The van der Waals surface area contributed by atoms with Crippen LogP contribution in [0.2, 0.25) is 0 Å². The molecule has 4 heteroatoms. The second kappa shape index (κ2) is 6.08. The predicted octanol–water partition coefficient (Wildman–Crippen LogP) is 0.182. The van der Waals surface area contributed by atoms with Crippen molar-refractivity contribution in [3.63, 3.8) is 0 Å². The van der Waals surface area contributed by atoms with Crippen molar-refractivity contribution in [1.29, 1.82) is 0 Å². The van der Waals surface area contributed by atoms with Crippen molar-refractivity contribution in [2.24, 2.45) is 11.7 Å². The van der Waals surface area contributed by atoms with E-state index in [0.717, 1.165) is 13.1 Å². The molecule has 4 nitrogen and oxygen atoms in total. The molecule has 1 heterocycles. The molecule has 1 saturated heterocycles. The maximum atomic E-state index is 11.1. The minimum atomic E-state index is -0.244. The van der Waals surface area contributed by atoms with Crippen molar-refractivity contribution in [2.45, 2.75) is 32.7 Å². The summed E-state index contributed by atoms with van der Waals surface area (Å²) in [5, 5.41) is 3.23. The SMILES string of the molecule is CC(C)C(NCCN1CCCC1)C(N)=O. The maximum absolute atomic E-state index is 11.1. The van der Waals surface area contributed by atoms with Crippen molar-refractivity contribution in [3.8, 4) is 0 Å². The second-order valence-electron chi connectivity index (χ2n) is 4.63. The molecule has 0 saturated carbocycles. The molecule has 1 amide bonds. The predicted molar refractivity (Wildman–Crippen MR) is 61.5 cm³/mol. The maximum Gasteiger partial charge on any atom is 0.234 e. The Morgan fingerprint density at radius 3 is 2.47 bits per heavy atom. The summed E-state index contributed by atoms with van der Waals surface area (Å²) in [6.07, 6.45) is 2.62. The highest BCUT2D eigenvalue weighted by atomic mass is 16.1. The molecule has 0 bridgehead atoms. The van der Waals surface area contributed by atoms with Crippen molar-refractivity contribution >= 4 is 5.91 Å². The highest BCUT2D eigenvalue weighted by Gasteiger charge is 2.19. The van der Waals surface area contributed by atoms with E-state index in [4.69, 9.17) is 5.73 Å². The molecule has 1 aliphatic heterocycles. The van der Waals surface area contributed by atoms with Crippen molar-refractivity contribution in [2.75, 3.05) is 26.2 Å². The Balaban J connectivity index is 2.18. The van der Waals surface area contributed by atoms with E-state index in [2.05, 4.69) is 10.2 Å². The summed E-state index contributed by atoms with van der Waals surface area (Å²) in [5.74, 6) is 0.0208. The minimum absolute atomic E-state index is 0.187. The van der Waals surface area contributed by atoms with Crippen LogP contribution in [0, 0.1) is 5.92 Å². The summed E-state index contributed by atoms with van der Waals surface area (Å²) in [7, 11) is 0. The normalized spacial score (nSPS) is 19.7. The molecule has 15 heavy (non-hydrogen) atoms. The number of nitrogens with zero attached hydrogens (tertiary/aromatic N) is 1. The number of rotatable bonds is 6. The Morgan fingerprint density at radius 1 is 1.40 bits per heavy atom. The molecule has 1 atom stereocenters. The molecular weight excluding hydrogens is 190 g/mol. The van der Waals surface area contributed by atoms with Crippen LogP contribution in [0.4, 0.5) is 0 Å². The Morgan fingerprint density at radius 2 is 2.00 bits per heavy atom. The third-order valence-corrected chi connectivity index (χ3v) is 2.96. The van der Waals surface area contributed by atoms with Crippen LogP contribution < -0.4 is 11.1 Å². The summed E-state index contributed by atoms with van der Waals surface area (Å²) in [6, 6.07) is -0.187. The van der Waals surface area contributed by atoms with Crippen LogP contribution in [-0.2, 0) is 4.79 Å². The van der Waals surface area contributed by atoms with Gasteiger partial charge in [0.2, 0.25) is 5.91 Å². The summed E-state index contributed by atoms with van der Waals surface area (Å²) >= 11 is 0. The van der Waals surface area contributed by atoms with E-state index < -0.39 is 0 Å². The molecule has 88 valence electrons. The van der Waals surface area contributed by atoms with Crippen molar-refractivity contribution in [3.05, 3.63) is 0 Å². The van der Waals surface area contributed by atoms with Gasteiger partial charge in [-0.25, -0.2) is 0 Å². The van der Waals surface area contributed by atoms with E-state index in [9.17, 15) is 4.79 Å². The fraction of sp³-hybridized carbons (Fsp3) is 0.909. The molecule has 0 spiro atoms. The number of carbonyl (C=O) groups excluding carboxylic acids is 1. The standard InChI is InChI=1S/C11H23N3O/c1-9(2)10(11(12)15)13-5-8-14-6-3-4-7-14/h9-10,13H,3-8H2,1-2H3,(H2,12,15). The van der Waals surface area contributed by atoms with Crippen LogP contribution in [-0.4, -0.2) is 43.0 Å². The van der Waals surface area contributed by atoms with Gasteiger partial charge in [0.1, 0.15) is 0 Å². The Kier molecular flexibility index (Phi) is 5.05. The monoisotopic (exact) mass is 213 g/mol. The van der Waals surface area contributed by atoms with Gasteiger partial charge < -0.3 is 16.0 Å².